The molecule has 6 heteroatoms. The molecule has 5 nitrogen and oxygen atoms in total. The lowest BCUT2D eigenvalue weighted by molar-refractivity contribution is -0.123. The van der Waals surface area contributed by atoms with Crippen molar-refractivity contribution >= 4 is 35.1 Å². The van der Waals surface area contributed by atoms with Crippen LogP contribution in [0, 0.1) is 20.8 Å². The first-order chi connectivity index (χ1) is 15.9. The van der Waals surface area contributed by atoms with E-state index in [1.165, 1.54) is 11.1 Å². The third kappa shape index (κ3) is 3.59. The van der Waals surface area contributed by atoms with E-state index < -0.39 is 4.87 Å². The Morgan fingerprint density at radius 2 is 1.76 bits per heavy atom. The molecule has 0 aromatic heterocycles. The van der Waals surface area contributed by atoms with Crippen LogP contribution in [0.3, 0.4) is 0 Å². The van der Waals surface area contributed by atoms with Crippen LogP contribution in [-0.2, 0) is 16.2 Å². The fourth-order valence-corrected chi connectivity index (χ4v) is 6.07. The normalized spacial score (nSPS) is 19.3. The number of fused-ring (bicyclic) bond motifs is 2. The Bertz CT molecular complexity index is 1240. The summed E-state index contributed by atoms with van der Waals surface area (Å²) in [6.07, 6.45) is 0. The van der Waals surface area contributed by atoms with Gasteiger partial charge in [0, 0.05) is 23.5 Å². The monoisotopic (exact) mass is 457 g/mol. The van der Waals surface area contributed by atoms with Gasteiger partial charge in [0.25, 0.3) is 5.91 Å². The van der Waals surface area contributed by atoms with E-state index in [9.17, 15) is 9.59 Å². The largest absolute Gasteiger partial charge is 0.323 e. The number of nitrogens with one attached hydrogen (secondary N) is 1. The third-order valence-electron chi connectivity index (χ3n) is 6.57. The van der Waals surface area contributed by atoms with Crippen LogP contribution in [0.5, 0.6) is 0 Å². The van der Waals surface area contributed by atoms with Gasteiger partial charge in [-0.1, -0.05) is 54.1 Å². The van der Waals surface area contributed by atoms with Crippen molar-refractivity contribution < 1.29 is 9.59 Å². The average molecular weight is 458 g/mol. The molecule has 1 fully saturated rings. The van der Waals surface area contributed by atoms with Crippen molar-refractivity contribution in [2.75, 3.05) is 22.5 Å². The van der Waals surface area contributed by atoms with Gasteiger partial charge >= 0.3 is 6.03 Å². The van der Waals surface area contributed by atoms with Crippen molar-refractivity contribution in [3.63, 3.8) is 0 Å². The van der Waals surface area contributed by atoms with Crippen molar-refractivity contribution in [1.82, 2.24) is 4.90 Å². The van der Waals surface area contributed by atoms with Gasteiger partial charge in [0.05, 0.1) is 12.2 Å². The van der Waals surface area contributed by atoms with Crippen LogP contribution >= 0.6 is 11.8 Å². The van der Waals surface area contributed by atoms with E-state index in [4.69, 9.17) is 0 Å². The highest BCUT2D eigenvalue weighted by Crippen LogP contribution is 2.54. The summed E-state index contributed by atoms with van der Waals surface area (Å²) in [5.74, 6) is 0.653. The number of anilines is 2. The van der Waals surface area contributed by atoms with E-state index in [2.05, 4.69) is 36.5 Å². The molecule has 5 rings (SSSR count). The van der Waals surface area contributed by atoms with Gasteiger partial charge in [-0.15, -0.1) is 11.8 Å². The fraction of sp³-hybridized carbons (Fsp3) is 0.259. The van der Waals surface area contributed by atoms with Gasteiger partial charge in [-0.05, 0) is 55.7 Å². The molecule has 0 radical (unpaired) electrons. The van der Waals surface area contributed by atoms with E-state index in [0.717, 1.165) is 28.1 Å². The molecule has 0 unspecified atom stereocenters. The van der Waals surface area contributed by atoms with Crippen LogP contribution in [0.15, 0.2) is 66.7 Å². The summed E-state index contributed by atoms with van der Waals surface area (Å²) in [5.41, 5.74) is 7.04. The van der Waals surface area contributed by atoms with Gasteiger partial charge in [-0.2, -0.15) is 0 Å². The molecule has 3 aromatic carbocycles. The molecule has 0 aliphatic carbocycles. The highest BCUT2D eigenvalue weighted by Gasteiger charge is 2.59. The number of thioether (sulfide) groups is 1. The second-order valence-corrected chi connectivity index (χ2v) is 10.1. The van der Waals surface area contributed by atoms with Crippen LogP contribution in [0.1, 0.15) is 27.8 Å². The number of hydrogen-bond acceptors (Lipinski definition) is 3. The highest BCUT2D eigenvalue weighted by molar-refractivity contribution is 8.01. The first-order valence-corrected chi connectivity index (χ1v) is 12.2. The maximum atomic E-state index is 14.0. The number of hydrogen-bond donors (Lipinski definition) is 1. The summed E-state index contributed by atoms with van der Waals surface area (Å²) in [4.78, 5) is 30.0. The minimum absolute atomic E-state index is 0.0537. The van der Waals surface area contributed by atoms with E-state index >= 15 is 0 Å². The van der Waals surface area contributed by atoms with E-state index in [1.807, 2.05) is 61.2 Å². The molecule has 3 aromatic rings. The summed E-state index contributed by atoms with van der Waals surface area (Å²) in [6.45, 7) is 7.11. The highest BCUT2D eigenvalue weighted by atomic mass is 32.2. The smallest absolute Gasteiger partial charge is 0.308 e. The Morgan fingerprint density at radius 1 is 1.00 bits per heavy atom. The Hall–Kier alpha value is -3.25. The van der Waals surface area contributed by atoms with Crippen LogP contribution < -0.4 is 10.2 Å². The number of amides is 3. The molecule has 1 spiro atoms. The second kappa shape index (κ2) is 8.27. The SMILES string of the molecule is Cc1ccc(CN2C(=O)[C@@]3(SCCN3C(=O)Nc3ccc(C)c(C)c3)c3ccccc32)cc1. The number of carbonyl (C=O) groups is 2. The minimum Gasteiger partial charge on any atom is -0.308 e. The summed E-state index contributed by atoms with van der Waals surface area (Å²) in [6, 6.07) is 21.7. The molecule has 3 amide bonds. The molecule has 1 atom stereocenters. The molecular weight excluding hydrogens is 430 g/mol. The number of benzene rings is 3. The molecular formula is C27H27N3O2S. The van der Waals surface area contributed by atoms with Crippen LogP contribution in [0.2, 0.25) is 0 Å². The van der Waals surface area contributed by atoms with Crippen molar-refractivity contribution in [3.05, 3.63) is 94.5 Å². The molecule has 2 aliphatic rings. The van der Waals surface area contributed by atoms with Crippen LogP contribution in [-0.4, -0.2) is 29.1 Å². The number of urea groups is 1. The zero-order valence-electron chi connectivity index (χ0n) is 19.1. The van der Waals surface area contributed by atoms with Crippen molar-refractivity contribution in [3.8, 4) is 0 Å². The Balaban J connectivity index is 1.49. The summed E-state index contributed by atoms with van der Waals surface area (Å²) in [7, 11) is 0. The molecule has 2 heterocycles. The maximum absolute atomic E-state index is 14.0. The van der Waals surface area contributed by atoms with Crippen LogP contribution in [0.25, 0.3) is 0 Å². The second-order valence-electron chi connectivity index (χ2n) is 8.77. The lowest BCUT2D eigenvalue weighted by Crippen LogP contribution is -2.51. The molecule has 2 aliphatic heterocycles. The molecule has 0 saturated carbocycles. The van der Waals surface area contributed by atoms with Gasteiger partial charge in [0.2, 0.25) is 0 Å². The number of nitrogens with zero attached hydrogens (tertiary/aromatic N) is 2. The number of aryl methyl sites for hydroxylation is 3. The predicted octanol–water partition coefficient (Wildman–Crippen LogP) is 5.59. The number of carbonyl (C=O) groups excluding carboxylic acids is 2. The zero-order chi connectivity index (χ0) is 23.2. The first-order valence-electron chi connectivity index (χ1n) is 11.2. The topological polar surface area (TPSA) is 52.7 Å². The lowest BCUT2D eigenvalue weighted by Gasteiger charge is -2.33. The maximum Gasteiger partial charge on any atom is 0.323 e. The van der Waals surface area contributed by atoms with E-state index in [1.54, 1.807) is 16.7 Å². The standard InChI is InChI=1S/C27H27N3O2S/c1-18-8-11-21(12-9-18)17-29-24-7-5-4-6-23(24)27(25(29)31)30(14-15-33-27)26(32)28-22-13-10-19(2)20(3)16-22/h4-13,16H,14-15,17H2,1-3H3,(H,28,32)/t27-/m0/s1. The fourth-order valence-electron chi connectivity index (χ4n) is 4.61. The zero-order valence-corrected chi connectivity index (χ0v) is 19.9. The third-order valence-corrected chi connectivity index (χ3v) is 7.98. The van der Waals surface area contributed by atoms with Gasteiger partial charge in [0.15, 0.2) is 4.87 Å². The van der Waals surface area contributed by atoms with Crippen LogP contribution in [0.4, 0.5) is 16.2 Å². The Kier molecular flexibility index (Phi) is 5.41. The minimum atomic E-state index is -1.04. The first kappa shape index (κ1) is 21.6. The molecule has 168 valence electrons. The lowest BCUT2D eigenvalue weighted by atomic mass is 10.1. The molecule has 1 saturated heterocycles. The molecule has 33 heavy (non-hydrogen) atoms. The van der Waals surface area contributed by atoms with Crippen molar-refractivity contribution in [1.29, 1.82) is 0 Å². The molecule has 1 N–H and O–H groups in total. The van der Waals surface area contributed by atoms with Crippen molar-refractivity contribution in [2.45, 2.75) is 32.2 Å². The molecule has 0 bridgehead atoms. The van der Waals surface area contributed by atoms with Gasteiger partial charge in [-0.25, -0.2) is 4.79 Å². The number of rotatable bonds is 3. The summed E-state index contributed by atoms with van der Waals surface area (Å²) < 4.78 is 0. The van der Waals surface area contributed by atoms with Gasteiger partial charge in [-0.3, -0.25) is 9.69 Å². The van der Waals surface area contributed by atoms with Crippen molar-refractivity contribution in [2.24, 2.45) is 0 Å². The predicted molar refractivity (Wildman–Crippen MR) is 135 cm³/mol. The number of para-hydroxylation sites is 1. The van der Waals surface area contributed by atoms with Gasteiger partial charge < -0.3 is 10.2 Å². The Labute approximate surface area is 198 Å². The Morgan fingerprint density at radius 3 is 2.52 bits per heavy atom. The van der Waals surface area contributed by atoms with E-state index in [0.29, 0.717) is 18.8 Å². The summed E-state index contributed by atoms with van der Waals surface area (Å²) >= 11 is 1.55. The summed E-state index contributed by atoms with van der Waals surface area (Å²) in [5, 5.41) is 3.03. The average Bonchev–Trinajstić information content (AvgIpc) is 3.35. The quantitative estimate of drug-likeness (QED) is 0.558. The van der Waals surface area contributed by atoms with Gasteiger partial charge in [0.1, 0.15) is 0 Å². The van der Waals surface area contributed by atoms with E-state index in [-0.39, 0.29) is 11.9 Å².